The van der Waals surface area contributed by atoms with Gasteiger partial charge in [0, 0.05) is 29.4 Å². The zero-order valence-electron chi connectivity index (χ0n) is 14.9. The number of para-hydroxylation sites is 2. The quantitative estimate of drug-likeness (QED) is 0.515. The van der Waals surface area contributed by atoms with E-state index in [1.807, 2.05) is 30.3 Å². The van der Waals surface area contributed by atoms with Crippen LogP contribution < -0.4 is 5.32 Å². The van der Waals surface area contributed by atoms with E-state index in [9.17, 15) is 9.18 Å². The van der Waals surface area contributed by atoms with Crippen LogP contribution in [0.1, 0.15) is 5.56 Å². The van der Waals surface area contributed by atoms with Crippen LogP contribution in [0.3, 0.4) is 0 Å². The van der Waals surface area contributed by atoms with E-state index >= 15 is 0 Å². The van der Waals surface area contributed by atoms with Crippen LogP contribution in [0, 0.1) is 5.82 Å². The highest BCUT2D eigenvalue weighted by Crippen LogP contribution is 2.28. The number of hydrogen-bond donors (Lipinski definition) is 2. The Labute approximate surface area is 161 Å². The summed E-state index contributed by atoms with van der Waals surface area (Å²) in [6, 6.07) is 15.8. The lowest BCUT2D eigenvalue weighted by atomic mass is 10.0. The fourth-order valence-electron chi connectivity index (χ4n) is 2.96. The number of carbonyl (C=O) groups excluding carboxylic acids is 1. The number of aromatic nitrogens is 3. The van der Waals surface area contributed by atoms with Gasteiger partial charge in [-0.05, 0) is 48.5 Å². The Morgan fingerprint density at radius 1 is 1.18 bits per heavy atom. The molecule has 2 aromatic carbocycles. The number of nitrogens with one attached hydrogen (secondary N) is 2. The van der Waals surface area contributed by atoms with Gasteiger partial charge in [0.25, 0.3) is 0 Å². The van der Waals surface area contributed by atoms with Gasteiger partial charge in [-0.2, -0.15) is 0 Å². The van der Waals surface area contributed by atoms with Crippen LogP contribution in [0.4, 0.5) is 4.39 Å². The van der Waals surface area contributed by atoms with E-state index in [0.717, 1.165) is 27.7 Å². The molecule has 0 atom stereocenters. The summed E-state index contributed by atoms with van der Waals surface area (Å²) >= 11 is 0. The smallest absolute Gasteiger partial charge is 0.243 e. The molecule has 0 aliphatic carbocycles. The second kappa shape index (κ2) is 7.44. The van der Waals surface area contributed by atoms with Gasteiger partial charge in [-0.1, -0.05) is 18.7 Å². The maximum atomic E-state index is 13.3. The SMILES string of the molecule is C=CC(=O)NCc1cnc(-c2ccc(F)cc2)cc1-c1nc2ccccc2[nH]1. The fraction of sp³-hybridized carbons (Fsp3) is 0.0455. The number of aromatic amines is 1. The topological polar surface area (TPSA) is 70.7 Å². The molecule has 138 valence electrons. The summed E-state index contributed by atoms with van der Waals surface area (Å²) in [4.78, 5) is 24.0. The number of imidazole rings is 1. The average Bonchev–Trinajstić information content (AvgIpc) is 3.16. The molecular formula is C22H17FN4O. The molecule has 0 bridgehead atoms. The number of benzene rings is 2. The van der Waals surface area contributed by atoms with Gasteiger partial charge in [0.15, 0.2) is 0 Å². The molecule has 4 aromatic rings. The van der Waals surface area contributed by atoms with Crippen LogP contribution >= 0.6 is 0 Å². The number of nitrogens with zero attached hydrogens (tertiary/aromatic N) is 2. The molecule has 0 fully saturated rings. The van der Waals surface area contributed by atoms with Gasteiger partial charge in [0.1, 0.15) is 11.6 Å². The molecule has 2 heterocycles. The molecule has 28 heavy (non-hydrogen) atoms. The highest BCUT2D eigenvalue weighted by molar-refractivity contribution is 5.87. The van der Waals surface area contributed by atoms with E-state index in [2.05, 4.69) is 26.8 Å². The molecule has 6 heteroatoms. The number of amides is 1. The van der Waals surface area contributed by atoms with Crippen molar-refractivity contribution in [1.29, 1.82) is 0 Å². The molecule has 4 rings (SSSR count). The summed E-state index contributed by atoms with van der Waals surface area (Å²) in [6.07, 6.45) is 2.92. The van der Waals surface area contributed by atoms with Gasteiger partial charge in [0.05, 0.1) is 16.7 Å². The minimum Gasteiger partial charge on any atom is -0.348 e. The summed E-state index contributed by atoms with van der Waals surface area (Å²) in [7, 11) is 0. The highest BCUT2D eigenvalue weighted by atomic mass is 19.1. The van der Waals surface area contributed by atoms with Crippen molar-refractivity contribution in [2.24, 2.45) is 0 Å². The summed E-state index contributed by atoms with van der Waals surface area (Å²) in [6.45, 7) is 3.75. The van der Waals surface area contributed by atoms with Gasteiger partial charge in [0.2, 0.25) is 5.91 Å². The van der Waals surface area contributed by atoms with Crippen LogP contribution in [0.25, 0.3) is 33.7 Å². The zero-order chi connectivity index (χ0) is 19.5. The first-order valence-electron chi connectivity index (χ1n) is 8.74. The van der Waals surface area contributed by atoms with Crippen molar-refractivity contribution in [3.8, 4) is 22.6 Å². The van der Waals surface area contributed by atoms with Gasteiger partial charge in [-0.25, -0.2) is 9.37 Å². The Kier molecular flexibility index (Phi) is 4.68. The van der Waals surface area contributed by atoms with E-state index < -0.39 is 0 Å². The molecule has 0 aliphatic rings. The molecule has 5 nitrogen and oxygen atoms in total. The monoisotopic (exact) mass is 372 g/mol. The molecule has 0 spiro atoms. The van der Waals surface area contributed by atoms with E-state index in [1.54, 1.807) is 18.3 Å². The summed E-state index contributed by atoms with van der Waals surface area (Å²) in [5.74, 6) is 0.109. The Morgan fingerprint density at radius 2 is 1.96 bits per heavy atom. The van der Waals surface area contributed by atoms with Crippen molar-refractivity contribution < 1.29 is 9.18 Å². The third-order valence-electron chi connectivity index (χ3n) is 4.41. The van der Waals surface area contributed by atoms with Gasteiger partial charge in [-0.3, -0.25) is 9.78 Å². The molecule has 0 saturated carbocycles. The molecule has 2 N–H and O–H groups in total. The van der Waals surface area contributed by atoms with E-state index in [4.69, 9.17) is 0 Å². The number of halogens is 1. The fourth-order valence-corrected chi connectivity index (χ4v) is 2.96. The van der Waals surface area contributed by atoms with Crippen LogP contribution in [-0.4, -0.2) is 20.9 Å². The van der Waals surface area contributed by atoms with Crippen LogP contribution in [0.15, 0.2) is 73.4 Å². The van der Waals surface area contributed by atoms with Crippen molar-refractivity contribution in [2.75, 3.05) is 0 Å². The lowest BCUT2D eigenvalue weighted by Gasteiger charge is -2.10. The number of H-pyrrole nitrogens is 1. The molecule has 0 radical (unpaired) electrons. The number of hydrogen-bond acceptors (Lipinski definition) is 3. The average molecular weight is 372 g/mol. The van der Waals surface area contributed by atoms with Crippen molar-refractivity contribution in [1.82, 2.24) is 20.3 Å². The standard InChI is InChI=1S/C22H17FN4O/c1-2-21(28)25-13-15-12-24-20(14-7-9-16(23)10-8-14)11-17(15)22-26-18-5-3-4-6-19(18)27-22/h2-12H,1,13H2,(H,25,28)(H,26,27). The van der Waals surface area contributed by atoms with Gasteiger partial charge < -0.3 is 10.3 Å². The molecule has 0 unspecified atom stereocenters. The molecule has 2 aromatic heterocycles. The molecule has 0 aliphatic heterocycles. The minimum absolute atomic E-state index is 0.266. The lowest BCUT2D eigenvalue weighted by molar-refractivity contribution is -0.116. The largest absolute Gasteiger partial charge is 0.348 e. The number of fused-ring (bicyclic) bond motifs is 1. The molecule has 0 saturated heterocycles. The summed E-state index contributed by atoms with van der Waals surface area (Å²) in [5, 5.41) is 2.77. The lowest BCUT2D eigenvalue weighted by Crippen LogP contribution is -2.20. The minimum atomic E-state index is -0.301. The Balaban J connectivity index is 1.80. The second-order valence-electron chi connectivity index (χ2n) is 6.26. The summed E-state index contributed by atoms with van der Waals surface area (Å²) < 4.78 is 13.3. The summed E-state index contributed by atoms with van der Waals surface area (Å²) in [5.41, 5.74) is 4.86. The van der Waals surface area contributed by atoms with Crippen molar-refractivity contribution >= 4 is 16.9 Å². The first-order valence-corrected chi connectivity index (χ1v) is 8.74. The Bertz CT molecular complexity index is 1130. The normalized spacial score (nSPS) is 10.8. The van der Waals surface area contributed by atoms with Gasteiger partial charge >= 0.3 is 0 Å². The van der Waals surface area contributed by atoms with E-state index in [-0.39, 0.29) is 18.3 Å². The Morgan fingerprint density at radius 3 is 2.71 bits per heavy atom. The van der Waals surface area contributed by atoms with E-state index in [1.165, 1.54) is 18.2 Å². The second-order valence-corrected chi connectivity index (χ2v) is 6.26. The van der Waals surface area contributed by atoms with E-state index in [0.29, 0.717) is 11.5 Å². The van der Waals surface area contributed by atoms with Crippen molar-refractivity contribution in [3.63, 3.8) is 0 Å². The van der Waals surface area contributed by atoms with Crippen molar-refractivity contribution in [2.45, 2.75) is 6.54 Å². The highest BCUT2D eigenvalue weighted by Gasteiger charge is 2.13. The predicted molar refractivity (Wildman–Crippen MR) is 107 cm³/mol. The Hall–Kier alpha value is -3.80. The number of carbonyl (C=O) groups is 1. The first-order chi connectivity index (χ1) is 13.6. The maximum absolute atomic E-state index is 13.3. The number of rotatable bonds is 5. The predicted octanol–water partition coefficient (Wildman–Crippen LogP) is 4.23. The zero-order valence-corrected chi connectivity index (χ0v) is 14.9. The third-order valence-corrected chi connectivity index (χ3v) is 4.41. The first kappa shape index (κ1) is 17.6. The van der Waals surface area contributed by atoms with Crippen LogP contribution in [-0.2, 0) is 11.3 Å². The van der Waals surface area contributed by atoms with Crippen LogP contribution in [0.5, 0.6) is 0 Å². The number of pyridine rings is 1. The van der Waals surface area contributed by atoms with Crippen LogP contribution in [0.2, 0.25) is 0 Å². The van der Waals surface area contributed by atoms with Gasteiger partial charge in [-0.15, -0.1) is 0 Å². The maximum Gasteiger partial charge on any atom is 0.243 e. The molecule has 1 amide bonds. The third kappa shape index (κ3) is 3.53. The van der Waals surface area contributed by atoms with Crippen molar-refractivity contribution in [3.05, 3.63) is 84.8 Å². The molecular weight excluding hydrogens is 355 g/mol.